The van der Waals surface area contributed by atoms with Crippen molar-refractivity contribution in [3.05, 3.63) is 58.7 Å². The first-order valence-corrected chi connectivity index (χ1v) is 9.75. The number of nitrogens with zero attached hydrogens (tertiary/aromatic N) is 2. The summed E-state index contributed by atoms with van der Waals surface area (Å²) < 4.78 is 45.0. The highest BCUT2D eigenvalue weighted by atomic mass is 19.4. The normalized spacial score (nSPS) is 15.2. The van der Waals surface area contributed by atoms with E-state index in [1.807, 2.05) is 14.0 Å². The van der Waals surface area contributed by atoms with Crippen molar-refractivity contribution >= 4 is 11.6 Å². The van der Waals surface area contributed by atoms with Crippen LogP contribution in [0.2, 0.25) is 0 Å². The van der Waals surface area contributed by atoms with E-state index >= 15 is 0 Å². The molecule has 1 saturated heterocycles. The van der Waals surface area contributed by atoms with Crippen molar-refractivity contribution in [1.29, 1.82) is 0 Å². The molecule has 0 radical (unpaired) electrons. The SMILES string of the molecule is COc1cc(C(=O)NCc2cc(C(F)(F)F)ccc2N2CCN(C)CC2)ccc1C. The van der Waals surface area contributed by atoms with Gasteiger partial charge in [-0.25, -0.2) is 0 Å². The molecular weight excluding hydrogens is 395 g/mol. The van der Waals surface area contributed by atoms with Crippen LogP contribution in [0.1, 0.15) is 27.0 Å². The van der Waals surface area contributed by atoms with E-state index in [4.69, 9.17) is 4.74 Å². The second-order valence-corrected chi connectivity index (χ2v) is 7.50. The Morgan fingerprint density at radius 2 is 1.80 bits per heavy atom. The van der Waals surface area contributed by atoms with E-state index in [2.05, 4.69) is 15.1 Å². The first-order chi connectivity index (χ1) is 14.2. The smallest absolute Gasteiger partial charge is 0.416 e. The molecule has 2 aromatic rings. The summed E-state index contributed by atoms with van der Waals surface area (Å²) in [7, 11) is 3.54. The van der Waals surface area contributed by atoms with Crippen molar-refractivity contribution in [3.8, 4) is 5.75 Å². The summed E-state index contributed by atoms with van der Waals surface area (Å²) >= 11 is 0. The fourth-order valence-corrected chi connectivity index (χ4v) is 3.50. The van der Waals surface area contributed by atoms with Crippen LogP contribution in [0.3, 0.4) is 0 Å². The minimum absolute atomic E-state index is 0.000613. The number of hydrogen-bond acceptors (Lipinski definition) is 4. The third-order valence-electron chi connectivity index (χ3n) is 5.36. The molecule has 0 aliphatic carbocycles. The van der Waals surface area contributed by atoms with Crippen LogP contribution >= 0.6 is 0 Å². The maximum absolute atomic E-state index is 13.3. The average Bonchev–Trinajstić information content (AvgIpc) is 2.72. The number of ether oxygens (including phenoxy) is 1. The highest BCUT2D eigenvalue weighted by Crippen LogP contribution is 2.33. The Morgan fingerprint density at radius 1 is 1.10 bits per heavy atom. The van der Waals surface area contributed by atoms with Crippen LogP contribution in [0.4, 0.5) is 18.9 Å². The highest BCUT2D eigenvalue weighted by Gasteiger charge is 2.31. The van der Waals surface area contributed by atoms with E-state index in [1.54, 1.807) is 18.2 Å². The molecule has 1 heterocycles. The van der Waals surface area contributed by atoms with Crippen molar-refractivity contribution in [2.24, 2.45) is 0 Å². The second-order valence-electron chi connectivity index (χ2n) is 7.50. The standard InChI is InChI=1S/C22H26F3N3O2/c1-15-4-5-16(13-20(15)30-3)21(29)26-14-17-12-18(22(23,24)25)6-7-19(17)28-10-8-27(2)9-11-28/h4-7,12-13H,8-11,14H2,1-3H3,(H,26,29). The lowest BCUT2D eigenvalue weighted by Gasteiger charge is -2.35. The van der Waals surface area contributed by atoms with E-state index < -0.39 is 11.7 Å². The van der Waals surface area contributed by atoms with Gasteiger partial charge in [0.15, 0.2) is 0 Å². The summed E-state index contributed by atoms with van der Waals surface area (Å²) in [5.74, 6) is 0.217. The number of nitrogens with one attached hydrogen (secondary N) is 1. The zero-order chi connectivity index (χ0) is 21.9. The number of carbonyl (C=O) groups excluding carboxylic acids is 1. The number of hydrogen-bond donors (Lipinski definition) is 1. The van der Waals surface area contributed by atoms with Crippen LogP contribution in [0.25, 0.3) is 0 Å². The Bertz CT molecular complexity index is 907. The van der Waals surface area contributed by atoms with Gasteiger partial charge >= 0.3 is 6.18 Å². The summed E-state index contributed by atoms with van der Waals surface area (Å²) in [6.45, 7) is 4.97. The third-order valence-corrected chi connectivity index (χ3v) is 5.36. The number of carbonyl (C=O) groups is 1. The number of rotatable bonds is 5. The van der Waals surface area contributed by atoms with Gasteiger partial charge in [0, 0.05) is 44.0 Å². The molecule has 5 nitrogen and oxygen atoms in total. The molecule has 0 bridgehead atoms. The van der Waals surface area contributed by atoms with Crippen LogP contribution in [0, 0.1) is 6.92 Å². The fraction of sp³-hybridized carbons (Fsp3) is 0.409. The molecule has 0 unspecified atom stereocenters. The third kappa shape index (κ3) is 5.05. The Balaban J connectivity index is 1.83. The molecule has 1 aliphatic heterocycles. The van der Waals surface area contributed by atoms with Gasteiger partial charge in [-0.15, -0.1) is 0 Å². The van der Waals surface area contributed by atoms with Crippen LogP contribution in [-0.4, -0.2) is 51.1 Å². The molecule has 2 aromatic carbocycles. The second kappa shape index (κ2) is 8.95. The number of amides is 1. The number of alkyl halides is 3. The topological polar surface area (TPSA) is 44.8 Å². The molecule has 1 fully saturated rings. The number of piperazine rings is 1. The van der Waals surface area contributed by atoms with Gasteiger partial charge in [0.05, 0.1) is 12.7 Å². The van der Waals surface area contributed by atoms with Gasteiger partial charge in [0.25, 0.3) is 5.91 Å². The van der Waals surface area contributed by atoms with E-state index in [9.17, 15) is 18.0 Å². The number of methoxy groups -OCH3 is 1. The Hall–Kier alpha value is -2.74. The van der Waals surface area contributed by atoms with E-state index in [0.29, 0.717) is 16.9 Å². The van der Waals surface area contributed by atoms with Gasteiger partial charge in [-0.1, -0.05) is 6.07 Å². The Kier molecular flexibility index (Phi) is 6.55. The molecule has 1 amide bonds. The minimum atomic E-state index is -4.44. The predicted molar refractivity (Wildman–Crippen MR) is 110 cm³/mol. The van der Waals surface area contributed by atoms with Crippen LogP contribution in [0.15, 0.2) is 36.4 Å². The van der Waals surface area contributed by atoms with Gasteiger partial charge in [-0.2, -0.15) is 13.2 Å². The summed E-state index contributed by atoms with van der Waals surface area (Å²) in [5.41, 5.74) is 1.73. The summed E-state index contributed by atoms with van der Waals surface area (Å²) in [6.07, 6.45) is -4.44. The highest BCUT2D eigenvalue weighted by molar-refractivity contribution is 5.94. The van der Waals surface area contributed by atoms with Crippen LogP contribution in [0.5, 0.6) is 5.75 Å². The molecule has 3 rings (SSSR count). The molecule has 1 N–H and O–H groups in total. The summed E-state index contributed by atoms with van der Waals surface area (Å²) in [5, 5.41) is 2.75. The van der Waals surface area contributed by atoms with Crippen molar-refractivity contribution in [3.63, 3.8) is 0 Å². The predicted octanol–water partition coefficient (Wildman–Crippen LogP) is 3.70. The van der Waals surface area contributed by atoms with Crippen molar-refractivity contribution in [2.45, 2.75) is 19.6 Å². The van der Waals surface area contributed by atoms with Crippen LogP contribution in [-0.2, 0) is 12.7 Å². The quantitative estimate of drug-likeness (QED) is 0.800. The van der Waals surface area contributed by atoms with E-state index in [1.165, 1.54) is 13.2 Å². The number of benzene rings is 2. The van der Waals surface area contributed by atoms with Gasteiger partial charge in [-0.3, -0.25) is 4.79 Å². The number of likely N-dealkylation sites (N-methyl/N-ethyl adjacent to an activating group) is 1. The van der Waals surface area contributed by atoms with Crippen molar-refractivity contribution in [2.75, 3.05) is 45.2 Å². The zero-order valence-electron chi connectivity index (χ0n) is 17.3. The van der Waals surface area contributed by atoms with E-state index in [0.717, 1.165) is 49.6 Å². The number of halogens is 3. The molecule has 162 valence electrons. The van der Waals surface area contributed by atoms with Gasteiger partial charge in [-0.05, 0) is 55.4 Å². The first-order valence-electron chi connectivity index (χ1n) is 9.75. The molecular formula is C22H26F3N3O2. The minimum Gasteiger partial charge on any atom is -0.496 e. The molecule has 0 atom stereocenters. The fourth-order valence-electron chi connectivity index (χ4n) is 3.50. The Labute approximate surface area is 174 Å². The van der Waals surface area contributed by atoms with Crippen molar-refractivity contribution in [1.82, 2.24) is 10.2 Å². The number of anilines is 1. The molecule has 0 spiro atoms. The number of aryl methyl sites for hydroxylation is 1. The van der Waals surface area contributed by atoms with Crippen LogP contribution < -0.4 is 15.0 Å². The van der Waals surface area contributed by atoms with Crippen molar-refractivity contribution < 1.29 is 22.7 Å². The average molecular weight is 421 g/mol. The Morgan fingerprint density at radius 3 is 2.43 bits per heavy atom. The van der Waals surface area contributed by atoms with Gasteiger partial charge < -0.3 is 19.9 Å². The summed E-state index contributed by atoms with van der Waals surface area (Å²) in [6, 6.07) is 8.80. The lowest BCUT2D eigenvalue weighted by atomic mass is 10.1. The summed E-state index contributed by atoms with van der Waals surface area (Å²) in [4.78, 5) is 16.8. The zero-order valence-corrected chi connectivity index (χ0v) is 17.3. The van der Waals surface area contributed by atoms with Gasteiger partial charge in [0.2, 0.25) is 0 Å². The largest absolute Gasteiger partial charge is 0.496 e. The maximum atomic E-state index is 13.3. The molecule has 0 aromatic heterocycles. The monoisotopic (exact) mass is 421 g/mol. The lowest BCUT2D eigenvalue weighted by Crippen LogP contribution is -2.45. The molecule has 8 heteroatoms. The lowest BCUT2D eigenvalue weighted by molar-refractivity contribution is -0.137. The maximum Gasteiger partial charge on any atom is 0.416 e. The molecule has 1 aliphatic rings. The molecule has 0 saturated carbocycles. The molecule has 30 heavy (non-hydrogen) atoms. The van der Waals surface area contributed by atoms with E-state index in [-0.39, 0.29) is 12.5 Å². The first kappa shape index (κ1) is 22.0. The van der Waals surface area contributed by atoms with Gasteiger partial charge in [0.1, 0.15) is 5.75 Å².